The highest BCUT2D eigenvalue weighted by molar-refractivity contribution is 7.86. The molecule has 0 aromatic rings. The molecule has 0 amide bonds. The van der Waals surface area contributed by atoms with Crippen molar-refractivity contribution in [3.05, 3.63) is 0 Å². The van der Waals surface area contributed by atoms with E-state index >= 15 is 0 Å². The van der Waals surface area contributed by atoms with Gasteiger partial charge < -0.3 is 172 Å². The lowest BCUT2D eigenvalue weighted by atomic mass is 9.95. The maximum Gasteiger partial charge on any atom is 0.264 e. The van der Waals surface area contributed by atoms with Crippen molar-refractivity contribution < 1.29 is 224 Å². The van der Waals surface area contributed by atoms with E-state index in [1.54, 1.807) is 0 Å². The molecule has 616 valence electrons. The van der Waals surface area contributed by atoms with E-state index in [-0.39, 0.29) is 25.7 Å². The van der Waals surface area contributed by atoms with Gasteiger partial charge in [0.15, 0.2) is 44.0 Å². The molecular formula is C54H94O47S4. The Labute approximate surface area is 598 Å². The molecule has 0 saturated carbocycles. The monoisotopic (exact) mass is 1620 g/mol. The second-order valence-corrected chi connectivity index (χ2v) is 32.1. The summed E-state index contributed by atoms with van der Waals surface area (Å²) in [6, 6.07) is 0. The summed E-state index contributed by atoms with van der Waals surface area (Å²) in [7, 11) is -18.2. The third-order valence-electron chi connectivity index (χ3n) is 18.0. The zero-order valence-corrected chi connectivity index (χ0v) is 58.5. The van der Waals surface area contributed by atoms with Crippen LogP contribution in [0.3, 0.4) is 0 Å². The second-order valence-electron chi connectivity index (χ2n) is 25.8. The van der Waals surface area contributed by atoms with Crippen LogP contribution in [0.4, 0.5) is 0 Å². The number of aliphatic hydroxyl groups is 17. The van der Waals surface area contributed by atoms with Crippen LogP contribution in [-0.4, -0.2) is 449 Å². The molecule has 21 heterocycles. The lowest BCUT2D eigenvalue weighted by molar-refractivity contribution is -0.397. The van der Waals surface area contributed by atoms with Gasteiger partial charge in [0.25, 0.3) is 40.5 Å². The van der Waals surface area contributed by atoms with Crippen molar-refractivity contribution in [1.82, 2.24) is 0 Å². The van der Waals surface area contributed by atoms with Crippen molar-refractivity contribution in [2.24, 2.45) is 0 Å². The summed E-state index contributed by atoms with van der Waals surface area (Å²) < 4.78 is 235. The second kappa shape index (κ2) is 38.8. The van der Waals surface area contributed by atoms with Gasteiger partial charge in [-0.05, 0) is 25.7 Å². The average molecular weight is 1620 g/mol. The van der Waals surface area contributed by atoms with Gasteiger partial charge in [0.05, 0.1) is 69.3 Å². The van der Waals surface area contributed by atoms with Gasteiger partial charge in [-0.25, -0.2) is 0 Å². The molecule has 0 unspecified atom stereocenters. The Bertz CT molecular complexity index is 3030. The molecule has 0 aromatic heterocycles. The van der Waals surface area contributed by atoms with Gasteiger partial charge in [-0.2, -0.15) is 33.7 Å². The summed E-state index contributed by atoms with van der Waals surface area (Å²) in [6.07, 6.45) is -77.4. The van der Waals surface area contributed by atoms with Crippen molar-refractivity contribution in [2.45, 2.75) is 241 Å². The van der Waals surface area contributed by atoms with Crippen molar-refractivity contribution >= 4 is 40.5 Å². The van der Waals surface area contributed by atoms with E-state index in [0.29, 0.717) is 0 Å². The Kier molecular flexibility index (Phi) is 32.9. The van der Waals surface area contributed by atoms with E-state index < -0.39 is 351 Å². The molecule has 14 bridgehead atoms. The first-order valence-corrected chi connectivity index (χ1v) is 39.3. The lowest BCUT2D eigenvalue weighted by Gasteiger charge is -2.50. The number of hydrogen-bond donors (Lipinski definition) is 21. The Morgan fingerprint density at radius 2 is 0.362 bits per heavy atom. The fourth-order valence-electron chi connectivity index (χ4n) is 12.5. The van der Waals surface area contributed by atoms with Crippen molar-refractivity contribution in [3.63, 3.8) is 0 Å². The highest BCUT2D eigenvalue weighted by Crippen LogP contribution is 2.40. The highest BCUT2D eigenvalue weighted by atomic mass is 32.2. The van der Waals surface area contributed by atoms with Gasteiger partial charge in [-0.1, -0.05) is 0 Å². The van der Waals surface area contributed by atoms with Crippen LogP contribution in [-0.2, 0) is 126 Å². The van der Waals surface area contributed by atoms with Crippen LogP contribution < -0.4 is 0 Å². The number of hydrogen-bond acceptors (Lipinski definition) is 43. The number of aliphatic hydroxyl groups excluding tert-OH is 17. The third-order valence-corrected chi connectivity index (χ3v) is 21.2. The summed E-state index contributed by atoms with van der Waals surface area (Å²) in [4.78, 5) is 0. The van der Waals surface area contributed by atoms with Crippen LogP contribution in [0, 0.1) is 0 Å². The molecule has 35 atom stereocenters. The quantitative estimate of drug-likeness (QED) is 0.0268. The fraction of sp³-hybridized carbons (Fsp3) is 1.00. The first-order valence-electron chi connectivity index (χ1n) is 32.9. The molecule has 51 heteroatoms. The summed E-state index contributed by atoms with van der Waals surface area (Å²) in [5.74, 6) is -3.37. The van der Waals surface area contributed by atoms with Gasteiger partial charge in [-0.15, -0.1) is 0 Å². The highest BCUT2D eigenvalue weighted by Gasteiger charge is 2.60. The molecule has 21 rings (SSSR count). The molecule has 21 saturated heterocycles. The molecule has 47 nitrogen and oxygen atoms in total. The zero-order valence-electron chi connectivity index (χ0n) is 55.3. The van der Waals surface area contributed by atoms with Crippen LogP contribution in [0.1, 0.15) is 25.7 Å². The molecule has 21 N–H and O–H groups in total. The van der Waals surface area contributed by atoms with E-state index in [1.165, 1.54) is 0 Å². The smallest absolute Gasteiger partial charge is 0.264 e. The minimum Gasteiger partial charge on any atom is -0.394 e. The topological polar surface area (TPSA) is 728 Å². The van der Waals surface area contributed by atoms with Gasteiger partial charge in [0.1, 0.15) is 171 Å². The summed E-state index contributed by atoms with van der Waals surface area (Å²) in [6.45, 7) is -8.77. The van der Waals surface area contributed by atoms with Crippen LogP contribution in [0.2, 0.25) is 0 Å². The van der Waals surface area contributed by atoms with Crippen molar-refractivity contribution in [1.29, 1.82) is 0 Å². The minimum atomic E-state index is -4.57. The molecule has 0 spiro atoms. The zero-order chi connectivity index (χ0) is 77.4. The largest absolute Gasteiger partial charge is 0.394 e. The average Bonchev–Trinajstić information content (AvgIpc) is 0.792. The summed E-state index contributed by atoms with van der Waals surface area (Å²) in [5.41, 5.74) is 0. The molecule has 21 aliphatic heterocycles. The van der Waals surface area contributed by atoms with E-state index in [9.17, 15) is 139 Å². The Hall–Kier alpha value is -1.76. The number of ether oxygens (including phenoxy) is 18. The fourth-order valence-corrected chi connectivity index (χ4v) is 14.5. The molecule has 0 aromatic carbocycles. The standard InChI is InChI=1S/C54H94O47S4/c55-13-20-41-28(59)35(66)49(89-20)98-44-23(16-84-5-1-9-102(72,73)74)93-53(39(70)32(44)63)101-47-26(19-87-8-4-12-105(81,82)83)92-52(38(69)31(47)62)97-43-22(15-57)90-50(36(67)29(43)60)99-45-24(17-85-6-2-10-103(75,76)77)94-54(40(71)33(45)64)100-46-25(18-86-7-3-11-104(78,79)80)91-51(37(68)30(46)61)96-42-21(14-56)88-48(95-41)34(65)27(42)58/h20-71H,1-19H2,(H,72,73,74)(H,75,76,77)(H,78,79,80)(H,81,82,83)/t20-,21-,22-,23-,24-,25-,26-,27-,28-,29-,30-,31-,32-,33-,34-,35-,36-,37-,38-,39-,40-,41-,42-,43-,44-,45-,46-,47-,48-,49-,50-,51-,52-,53-,54-/m1/s1. The van der Waals surface area contributed by atoms with Crippen LogP contribution in [0.25, 0.3) is 0 Å². The van der Waals surface area contributed by atoms with Crippen LogP contribution in [0.5, 0.6) is 0 Å². The van der Waals surface area contributed by atoms with Gasteiger partial charge in [0.2, 0.25) is 0 Å². The minimum absolute atomic E-state index is 0.381. The van der Waals surface area contributed by atoms with Crippen molar-refractivity contribution in [3.8, 4) is 0 Å². The van der Waals surface area contributed by atoms with E-state index in [2.05, 4.69) is 0 Å². The van der Waals surface area contributed by atoms with Gasteiger partial charge in [0, 0.05) is 26.4 Å². The Morgan fingerprint density at radius 1 is 0.219 bits per heavy atom. The molecule has 105 heavy (non-hydrogen) atoms. The Balaban J connectivity index is 1.15. The number of rotatable bonds is 27. The van der Waals surface area contributed by atoms with E-state index in [1.807, 2.05) is 0 Å². The first kappa shape index (κ1) is 88.8. The van der Waals surface area contributed by atoms with Crippen LogP contribution >= 0.6 is 0 Å². The van der Waals surface area contributed by atoms with Gasteiger partial charge in [-0.3, -0.25) is 18.2 Å². The molecule has 21 aliphatic rings. The summed E-state index contributed by atoms with van der Waals surface area (Å²) >= 11 is 0. The normalized spacial score (nSPS) is 44.4. The lowest BCUT2D eigenvalue weighted by Crippen LogP contribution is -2.68. The van der Waals surface area contributed by atoms with Crippen LogP contribution in [0.15, 0.2) is 0 Å². The SMILES string of the molecule is O=S(=O)(O)CCCOC[C@H]1O[C@@H]2O[C@H]3[C@H](O)[C@@H](O)[C@@H](O[C@H]4[C@H](O)[C@@H](O)[C@@H](O[C@H]5[C@H](O)[C@@H](O)[C@@H](O[C@H]6[C@H](O)[C@@H](O)[C@@H](O[C@H]7[C@H](O)[C@@H](O)[C@@H](O[C@H]8[C@H](O)[C@@H](O)[C@@H](O[C@H]1[C@H](O)[C@H]2O)O[C@@H]8CO)O[C@@H]7COCCCS(=O)(=O)O)O[C@@H]6COCCCS(=O)(=O)O)O[C@@H]5CO)O[C@@H]4CO)O[C@@H]3COCCCS(=O)(=O)O. The first-order chi connectivity index (χ1) is 49.2. The maximum absolute atomic E-state index is 11.9. The molecular weight excluding hydrogens is 1530 g/mol. The summed E-state index contributed by atoms with van der Waals surface area (Å²) in [5, 5.41) is 197. The predicted octanol–water partition coefficient (Wildman–Crippen LogP) is -14.0. The molecule has 0 aliphatic carbocycles. The maximum atomic E-state index is 11.9. The predicted molar refractivity (Wildman–Crippen MR) is 327 cm³/mol. The van der Waals surface area contributed by atoms with Crippen molar-refractivity contribution in [2.75, 3.05) is 95.7 Å². The Morgan fingerprint density at radius 3 is 0.505 bits per heavy atom. The van der Waals surface area contributed by atoms with Gasteiger partial charge >= 0.3 is 0 Å². The third kappa shape index (κ3) is 23.7. The molecule has 21 fully saturated rings. The molecule has 0 radical (unpaired) electrons. The van der Waals surface area contributed by atoms with E-state index in [4.69, 9.17) is 85.3 Å². The van der Waals surface area contributed by atoms with E-state index in [0.717, 1.165) is 0 Å².